The molecule has 0 N–H and O–H groups in total. The average molecular weight is 415 g/mol. The first-order chi connectivity index (χ1) is 12.5. The molecule has 0 spiro atoms. The van der Waals surface area contributed by atoms with E-state index in [2.05, 4.69) is 19.9 Å². The molecule has 0 saturated heterocycles. The number of rotatable bonds is 11. The van der Waals surface area contributed by atoms with Crippen molar-refractivity contribution in [2.24, 2.45) is 0 Å². The van der Waals surface area contributed by atoms with Crippen LogP contribution >= 0.6 is 0 Å². The van der Waals surface area contributed by atoms with Crippen LogP contribution < -0.4 is 51.4 Å². The van der Waals surface area contributed by atoms with Gasteiger partial charge in [0.05, 0.1) is 4.90 Å². The van der Waals surface area contributed by atoms with E-state index in [1.165, 1.54) is 68.2 Å². The van der Waals surface area contributed by atoms with Gasteiger partial charge >= 0.3 is 51.4 Å². The van der Waals surface area contributed by atoms with Crippen molar-refractivity contribution in [1.29, 1.82) is 0 Å². The van der Waals surface area contributed by atoms with Gasteiger partial charge in [-0.05, 0) is 59.7 Å². The molecular formula is C22H31KO3S. The summed E-state index contributed by atoms with van der Waals surface area (Å²) in [6.45, 7) is 4.43. The molecule has 0 aliphatic carbocycles. The molecule has 2 aromatic rings. The summed E-state index contributed by atoms with van der Waals surface area (Å²) in [5, 5.41) is 1.95. The first-order valence-electron chi connectivity index (χ1n) is 9.97. The Hall–Kier alpha value is 0.246. The van der Waals surface area contributed by atoms with Crippen molar-refractivity contribution in [2.45, 2.75) is 83.0 Å². The summed E-state index contributed by atoms with van der Waals surface area (Å²) in [5.41, 5.74) is 2.72. The molecule has 27 heavy (non-hydrogen) atoms. The monoisotopic (exact) mass is 414 g/mol. The van der Waals surface area contributed by atoms with E-state index in [1.54, 1.807) is 0 Å². The molecular weight excluding hydrogens is 383 g/mol. The summed E-state index contributed by atoms with van der Waals surface area (Å²) < 4.78 is 34.0. The normalized spacial score (nSPS) is 11.5. The van der Waals surface area contributed by atoms with Crippen LogP contribution in [0.3, 0.4) is 0 Å². The number of fused-ring (bicyclic) bond motifs is 1. The fraction of sp³-hybridized carbons (Fsp3) is 0.545. The Labute approximate surface area is 207 Å². The molecule has 3 nitrogen and oxygen atoms in total. The van der Waals surface area contributed by atoms with Crippen LogP contribution in [0.2, 0.25) is 0 Å². The zero-order valence-corrected chi connectivity index (χ0v) is 21.0. The van der Waals surface area contributed by atoms with E-state index in [9.17, 15) is 13.0 Å². The van der Waals surface area contributed by atoms with Crippen molar-refractivity contribution >= 4 is 20.9 Å². The summed E-state index contributed by atoms with van der Waals surface area (Å²) in [6.07, 6.45) is 11.8. The van der Waals surface area contributed by atoms with Gasteiger partial charge in [0.2, 0.25) is 0 Å². The van der Waals surface area contributed by atoms with Crippen molar-refractivity contribution in [3.05, 3.63) is 41.5 Å². The minimum Gasteiger partial charge on any atom is -0.744 e. The van der Waals surface area contributed by atoms with E-state index in [1.807, 2.05) is 12.1 Å². The van der Waals surface area contributed by atoms with Gasteiger partial charge in [-0.1, -0.05) is 70.6 Å². The summed E-state index contributed by atoms with van der Waals surface area (Å²) in [7, 11) is -4.41. The van der Waals surface area contributed by atoms with Gasteiger partial charge in [-0.3, -0.25) is 0 Å². The first kappa shape index (κ1) is 25.3. The Kier molecular flexibility index (Phi) is 11.9. The number of aryl methyl sites for hydroxylation is 2. The number of unbranched alkanes of at least 4 members (excludes halogenated alkanes) is 6. The van der Waals surface area contributed by atoms with E-state index in [0.717, 1.165) is 30.0 Å². The van der Waals surface area contributed by atoms with Crippen LogP contribution in [-0.2, 0) is 23.0 Å². The first-order valence-corrected chi connectivity index (χ1v) is 11.4. The molecule has 144 valence electrons. The molecule has 0 radical (unpaired) electrons. The van der Waals surface area contributed by atoms with Crippen LogP contribution in [-0.4, -0.2) is 13.0 Å². The maximum Gasteiger partial charge on any atom is 1.00 e. The second-order valence-electron chi connectivity index (χ2n) is 7.16. The summed E-state index contributed by atoms with van der Waals surface area (Å²) >= 11 is 0. The van der Waals surface area contributed by atoms with Crippen LogP contribution in [0, 0.1) is 0 Å². The van der Waals surface area contributed by atoms with Gasteiger partial charge < -0.3 is 4.55 Å². The molecule has 0 aliphatic heterocycles. The van der Waals surface area contributed by atoms with Crippen molar-refractivity contribution in [2.75, 3.05) is 0 Å². The Morgan fingerprint density at radius 3 is 2.04 bits per heavy atom. The summed E-state index contributed by atoms with van der Waals surface area (Å²) in [6, 6.07) is 8.90. The predicted molar refractivity (Wildman–Crippen MR) is 108 cm³/mol. The Morgan fingerprint density at radius 1 is 0.815 bits per heavy atom. The fourth-order valence-corrected chi connectivity index (χ4v) is 4.08. The van der Waals surface area contributed by atoms with E-state index in [-0.39, 0.29) is 56.3 Å². The third kappa shape index (κ3) is 7.88. The molecule has 0 aromatic heterocycles. The van der Waals surface area contributed by atoms with Crippen molar-refractivity contribution in [1.82, 2.24) is 0 Å². The van der Waals surface area contributed by atoms with Gasteiger partial charge in [0.15, 0.2) is 0 Å². The molecule has 0 saturated carbocycles. The molecule has 2 rings (SSSR count). The molecule has 2 aromatic carbocycles. The van der Waals surface area contributed by atoms with E-state index >= 15 is 0 Å². The van der Waals surface area contributed by atoms with Crippen molar-refractivity contribution < 1.29 is 64.4 Å². The molecule has 0 fully saturated rings. The number of benzene rings is 2. The van der Waals surface area contributed by atoms with Gasteiger partial charge in [-0.15, -0.1) is 0 Å². The SMILES string of the molecule is CCCCCCc1ccc2cc(S(=O)(=O)[O-])ccc2c1CCCCCC.[K+]. The van der Waals surface area contributed by atoms with E-state index < -0.39 is 10.1 Å². The van der Waals surface area contributed by atoms with Crippen LogP contribution in [0.25, 0.3) is 10.8 Å². The Balaban J connectivity index is 0.00000364. The van der Waals surface area contributed by atoms with E-state index in [4.69, 9.17) is 0 Å². The quantitative estimate of drug-likeness (QED) is 0.323. The van der Waals surface area contributed by atoms with Crippen LogP contribution in [0.4, 0.5) is 0 Å². The standard InChI is InChI=1S/C22H32O3S.K/c1-3-5-7-9-11-18-13-14-19-17-20(26(23,24)25)15-16-22(19)21(18)12-10-8-6-4-2;/h13-17H,3-12H2,1-2H3,(H,23,24,25);/q;+1/p-1. The average Bonchev–Trinajstić information content (AvgIpc) is 2.62. The van der Waals surface area contributed by atoms with Crippen LogP contribution in [0.5, 0.6) is 0 Å². The molecule has 0 heterocycles. The molecule has 0 atom stereocenters. The Bertz CT molecular complexity index is 816. The second kappa shape index (κ2) is 12.7. The molecule has 0 amide bonds. The third-order valence-electron chi connectivity index (χ3n) is 5.07. The molecule has 5 heteroatoms. The molecule has 0 unspecified atom stereocenters. The van der Waals surface area contributed by atoms with E-state index in [0.29, 0.717) is 0 Å². The molecule has 0 aliphatic rings. The largest absolute Gasteiger partial charge is 1.00 e. The third-order valence-corrected chi connectivity index (χ3v) is 5.90. The van der Waals surface area contributed by atoms with Gasteiger partial charge in [0.1, 0.15) is 10.1 Å². The zero-order chi connectivity index (χ0) is 19.0. The van der Waals surface area contributed by atoms with Gasteiger partial charge in [-0.2, -0.15) is 0 Å². The second-order valence-corrected chi connectivity index (χ2v) is 8.54. The topological polar surface area (TPSA) is 57.2 Å². The summed E-state index contributed by atoms with van der Waals surface area (Å²) in [4.78, 5) is -0.141. The predicted octanol–water partition coefficient (Wildman–Crippen LogP) is 2.99. The Morgan fingerprint density at radius 2 is 1.44 bits per heavy atom. The number of hydrogen-bond donors (Lipinski definition) is 0. The smallest absolute Gasteiger partial charge is 0.744 e. The van der Waals surface area contributed by atoms with Crippen LogP contribution in [0.1, 0.15) is 76.3 Å². The van der Waals surface area contributed by atoms with Gasteiger partial charge in [0, 0.05) is 0 Å². The molecule has 0 bridgehead atoms. The van der Waals surface area contributed by atoms with Crippen molar-refractivity contribution in [3.63, 3.8) is 0 Å². The minimum atomic E-state index is -4.41. The van der Waals surface area contributed by atoms with Crippen molar-refractivity contribution in [3.8, 4) is 0 Å². The zero-order valence-electron chi connectivity index (χ0n) is 17.1. The van der Waals surface area contributed by atoms with Gasteiger partial charge in [-0.25, -0.2) is 8.42 Å². The maximum atomic E-state index is 11.3. The fourth-order valence-electron chi connectivity index (χ4n) is 3.57. The minimum absolute atomic E-state index is 0. The number of hydrogen-bond acceptors (Lipinski definition) is 3. The van der Waals surface area contributed by atoms with Gasteiger partial charge in [0.25, 0.3) is 0 Å². The maximum absolute atomic E-state index is 11.3. The summed E-state index contributed by atoms with van der Waals surface area (Å²) in [5.74, 6) is 0. The van der Waals surface area contributed by atoms with Crippen LogP contribution in [0.15, 0.2) is 35.2 Å².